The number of hydrogen-bond acceptors (Lipinski definition) is 5. The molecule has 17 rings (SSSR count). The van der Waals surface area contributed by atoms with Crippen LogP contribution in [0.2, 0.25) is 0 Å². The number of benzene rings is 8. The van der Waals surface area contributed by atoms with E-state index < -0.39 is 0 Å². The minimum Gasteiger partial charge on any atom is -0.256 e. The van der Waals surface area contributed by atoms with Gasteiger partial charge in [0.2, 0.25) is 22.8 Å². The first-order valence-corrected chi connectivity index (χ1v) is 36.5. The lowest BCUT2D eigenvalue weighted by Gasteiger charge is -2.14. The highest BCUT2D eigenvalue weighted by Crippen LogP contribution is 2.38. The van der Waals surface area contributed by atoms with Crippen molar-refractivity contribution in [3.8, 4) is 89.8 Å². The number of aromatic nitrogens is 9. The van der Waals surface area contributed by atoms with E-state index in [4.69, 9.17) is 15.0 Å². The average Bonchev–Trinajstić information content (AvgIpc) is 0.902. The van der Waals surface area contributed by atoms with Gasteiger partial charge in [0, 0.05) is 51.7 Å². The van der Waals surface area contributed by atoms with Crippen LogP contribution in [0.15, 0.2) is 262 Å². The molecule has 2 fully saturated rings. The molecule has 0 radical (unpaired) electrons. The van der Waals surface area contributed by atoms with Crippen molar-refractivity contribution in [3.63, 3.8) is 0 Å². The topological polar surface area (TPSA) is 80.0 Å². The van der Waals surface area contributed by atoms with Crippen LogP contribution in [0.25, 0.3) is 122 Å². The summed E-state index contributed by atoms with van der Waals surface area (Å²) < 4.78 is 67.6. The standard InChI is InChI=1S/C26H30FN4.C23H19FN.2C22H18FN2/c1-17-9-3-8-14-21(17)23-22(27)15-20(16-31(23)2)26-29-24(18-10-4-5-11-18)28-25(30-26)19-12-6-7-13-19;1-16-7-3-6-10-21(16)23-22(24)14-20(15-25(23)2)19-12-11-17-8-4-5-9-18(17)13-19;2*1-15-7-3-5-9-19(15)22-20(23)12-18(14-25(22)2)17-11-16-8-4-6-10-21(16)24-13-17/h3,8-9,14-16,18-19H,4-7,10-13H2,1-2H3;3-15H,1-2H3;2*3-14H,1-2H3/q4*+1. The molecule has 0 saturated heterocycles. The van der Waals surface area contributed by atoms with Gasteiger partial charge in [-0.2, -0.15) is 35.8 Å². The SMILES string of the molecule is Cc1ccccc1-c1c(F)cc(-c2ccc3ccccc3c2)c[n+]1C.Cc1ccccc1-c1c(F)cc(-c2cnc3ccccc3c2)c[n+]1C.Cc1ccccc1-c1c(F)cc(-c2cnc3ccccc3c2)c[n+]1C.Cc1ccccc1-c1c(F)cc(-c2nc(C3CCCC3)nc(C3CCCC3)n2)c[n+]1C. The summed E-state index contributed by atoms with van der Waals surface area (Å²) in [5.74, 6) is 2.33. The third kappa shape index (κ3) is 15.5. The van der Waals surface area contributed by atoms with Crippen molar-refractivity contribution in [2.24, 2.45) is 28.2 Å². The van der Waals surface area contributed by atoms with Crippen LogP contribution < -0.4 is 18.3 Å². The Morgan fingerprint density at radius 2 is 0.594 bits per heavy atom. The molecule has 0 amide bonds. The van der Waals surface area contributed by atoms with E-state index in [-0.39, 0.29) is 23.3 Å². The second kappa shape index (κ2) is 31.6. The van der Waals surface area contributed by atoms with E-state index in [1.165, 1.54) is 31.1 Å². The molecule has 13 heteroatoms. The third-order valence-electron chi connectivity index (χ3n) is 20.7. The maximum Gasteiger partial charge on any atom is 0.248 e. The summed E-state index contributed by atoms with van der Waals surface area (Å²) in [7, 11) is 7.55. The highest BCUT2D eigenvalue weighted by molar-refractivity contribution is 5.88. The fourth-order valence-electron chi connectivity index (χ4n) is 15.1. The van der Waals surface area contributed by atoms with Gasteiger partial charge in [-0.05, 0) is 171 Å². The van der Waals surface area contributed by atoms with Crippen LogP contribution in [0, 0.1) is 51.0 Å². The summed E-state index contributed by atoms with van der Waals surface area (Å²) in [6.45, 7) is 8.01. The summed E-state index contributed by atoms with van der Waals surface area (Å²) in [6.07, 6.45) is 21.0. The van der Waals surface area contributed by atoms with E-state index in [0.717, 1.165) is 148 Å². The number of rotatable bonds is 10. The second-order valence-corrected chi connectivity index (χ2v) is 28.1. The van der Waals surface area contributed by atoms with Crippen LogP contribution in [-0.4, -0.2) is 24.9 Å². The van der Waals surface area contributed by atoms with Crippen molar-refractivity contribution in [1.82, 2.24) is 24.9 Å². The van der Waals surface area contributed by atoms with Gasteiger partial charge in [-0.15, -0.1) is 0 Å². The minimum absolute atomic E-state index is 0.206. The lowest BCUT2D eigenvalue weighted by molar-refractivity contribution is -0.661. The summed E-state index contributed by atoms with van der Waals surface area (Å²) in [6, 6.07) is 72.3. The number of pyridine rings is 6. The maximum absolute atomic E-state index is 15.4. The smallest absolute Gasteiger partial charge is 0.248 e. The van der Waals surface area contributed by atoms with Crippen LogP contribution in [0.5, 0.6) is 0 Å². The van der Waals surface area contributed by atoms with Crippen LogP contribution in [0.1, 0.15) is 97.1 Å². The van der Waals surface area contributed by atoms with Crippen molar-refractivity contribution < 1.29 is 35.8 Å². The van der Waals surface area contributed by atoms with Gasteiger partial charge in [-0.1, -0.05) is 171 Å². The van der Waals surface area contributed by atoms with E-state index in [1.807, 2.05) is 275 Å². The number of halogens is 4. The Morgan fingerprint density at radius 3 is 0.962 bits per heavy atom. The lowest BCUT2D eigenvalue weighted by Crippen LogP contribution is -2.32. The number of hydrogen-bond donors (Lipinski definition) is 0. The average molecular weight is 1400 g/mol. The van der Waals surface area contributed by atoms with Gasteiger partial charge in [0.1, 0.15) is 39.8 Å². The van der Waals surface area contributed by atoms with Crippen molar-refractivity contribution in [3.05, 3.63) is 319 Å². The highest BCUT2D eigenvalue weighted by atomic mass is 19.1. The molecule has 2 aliphatic rings. The van der Waals surface area contributed by atoms with E-state index in [2.05, 4.69) is 34.2 Å². The predicted molar refractivity (Wildman–Crippen MR) is 417 cm³/mol. The molecule has 0 bridgehead atoms. The van der Waals surface area contributed by atoms with Gasteiger partial charge < -0.3 is 0 Å². The molecule has 0 unspecified atom stereocenters. The molecule has 0 aliphatic heterocycles. The lowest BCUT2D eigenvalue weighted by atomic mass is 10.00. The van der Waals surface area contributed by atoms with Crippen LogP contribution in [0.3, 0.4) is 0 Å². The Kier molecular flexibility index (Phi) is 21.2. The Bertz CT molecular complexity index is 5220. The molecule has 15 aromatic rings. The maximum atomic E-state index is 15.4. The van der Waals surface area contributed by atoms with Gasteiger partial charge in [0.05, 0.1) is 50.0 Å². The molecule has 8 aromatic carbocycles. The molecule has 7 aromatic heterocycles. The van der Waals surface area contributed by atoms with Crippen molar-refractivity contribution >= 4 is 32.6 Å². The fourth-order valence-corrected chi connectivity index (χ4v) is 15.1. The predicted octanol–water partition coefficient (Wildman–Crippen LogP) is 20.9. The normalized spacial score (nSPS) is 12.9. The molecule has 106 heavy (non-hydrogen) atoms. The first-order chi connectivity index (χ1) is 51.5. The third-order valence-corrected chi connectivity index (χ3v) is 20.7. The molecular formula is C93H85F4N9+4. The van der Waals surface area contributed by atoms with Gasteiger partial charge >= 0.3 is 0 Å². The minimum atomic E-state index is -0.250. The van der Waals surface area contributed by atoms with Crippen molar-refractivity contribution in [2.75, 3.05) is 0 Å². The van der Waals surface area contributed by atoms with Crippen molar-refractivity contribution in [2.45, 2.75) is 90.9 Å². The molecule has 7 heterocycles. The molecule has 0 N–H and O–H groups in total. The molecule has 526 valence electrons. The second-order valence-electron chi connectivity index (χ2n) is 28.1. The first-order valence-electron chi connectivity index (χ1n) is 36.5. The van der Waals surface area contributed by atoms with Crippen LogP contribution >= 0.6 is 0 Å². The van der Waals surface area contributed by atoms with Gasteiger partial charge in [0.15, 0.2) is 53.9 Å². The van der Waals surface area contributed by atoms with Crippen LogP contribution in [-0.2, 0) is 28.2 Å². The molecule has 0 atom stereocenters. The van der Waals surface area contributed by atoms with E-state index >= 15 is 4.39 Å². The fraction of sp³-hybridized carbons (Fsp3) is 0.194. The van der Waals surface area contributed by atoms with Gasteiger partial charge in [-0.3, -0.25) is 9.97 Å². The zero-order valence-electron chi connectivity index (χ0n) is 61.2. The van der Waals surface area contributed by atoms with Gasteiger partial charge in [0.25, 0.3) is 0 Å². The summed E-state index contributed by atoms with van der Waals surface area (Å²) in [5, 5.41) is 4.44. The Hall–Kier alpha value is -11.8. The molecule has 2 saturated carbocycles. The zero-order valence-corrected chi connectivity index (χ0v) is 61.2. The summed E-state index contributed by atoms with van der Waals surface area (Å²) in [5.41, 5.74) is 18.2. The largest absolute Gasteiger partial charge is 0.256 e. The van der Waals surface area contributed by atoms with E-state index in [9.17, 15) is 13.2 Å². The highest BCUT2D eigenvalue weighted by Gasteiger charge is 2.30. The Labute approximate surface area is 617 Å². The molecule has 2 aliphatic carbocycles. The monoisotopic (exact) mass is 1400 g/mol. The van der Waals surface area contributed by atoms with Crippen molar-refractivity contribution in [1.29, 1.82) is 0 Å². The number of fused-ring (bicyclic) bond motifs is 3. The Morgan fingerprint density at radius 1 is 0.292 bits per heavy atom. The zero-order chi connectivity index (χ0) is 73.5. The first kappa shape index (κ1) is 71.2. The van der Waals surface area contributed by atoms with Gasteiger partial charge in [-0.25, -0.2) is 15.0 Å². The molecule has 9 nitrogen and oxygen atoms in total. The molecule has 0 spiro atoms. The summed E-state index contributed by atoms with van der Waals surface area (Å²) >= 11 is 0. The van der Waals surface area contributed by atoms with E-state index in [0.29, 0.717) is 40.4 Å². The Balaban J connectivity index is 0.000000119. The molecular weight excluding hydrogens is 1320 g/mol. The quantitative estimate of drug-likeness (QED) is 0.101. The van der Waals surface area contributed by atoms with Crippen LogP contribution in [0.4, 0.5) is 17.6 Å². The summed E-state index contributed by atoms with van der Waals surface area (Å²) in [4.78, 5) is 23.6. The van der Waals surface area contributed by atoms with E-state index in [1.54, 1.807) is 36.7 Å². The number of nitrogens with zero attached hydrogens (tertiary/aromatic N) is 9. The number of aryl methyl sites for hydroxylation is 8. The number of para-hydroxylation sites is 2.